The number of benzene rings is 1. The zero-order chi connectivity index (χ0) is 10.1. The van der Waals surface area contributed by atoms with E-state index in [4.69, 9.17) is 5.73 Å². The molecule has 0 atom stereocenters. The van der Waals surface area contributed by atoms with Crippen LogP contribution in [0.4, 0.5) is 23.2 Å². The quantitative estimate of drug-likeness (QED) is 0.439. The summed E-state index contributed by atoms with van der Waals surface area (Å²) in [5, 5.41) is 0. The van der Waals surface area contributed by atoms with Gasteiger partial charge in [-0.2, -0.15) is 13.2 Å². The summed E-state index contributed by atoms with van der Waals surface area (Å²) in [5.74, 6) is -0.649. The van der Waals surface area contributed by atoms with Crippen molar-refractivity contribution in [3.05, 3.63) is 24.0 Å². The minimum absolute atomic E-state index is 0.186. The molecule has 0 heterocycles. The highest BCUT2D eigenvalue weighted by Crippen LogP contribution is 2.39. The van der Waals surface area contributed by atoms with Crippen molar-refractivity contribution in [3.63, 3.8) is 0 Å². The molecule has 0 radical (unpaired) electrons. The molecule has 0 aliphatic rings. The Bertz CT molecular complexity index is 310. The lowest BCUT2D eigenvalue weighted by molar-refractivity contribution is -0.0327. The highest BCUT2D eigenvalue weighted by atomic mass is 32.2. The number of hydrogen-bond donors (Lipinski definition) is 1. The Labute approximate surface area is 75.9 Å². The number of rotatable bonds is 1. The van der Waals surface area contributed by atoms with Crippen molar-refractivity contribution in [2.75, 3.05) is 5.73 Å². The highest BCUT2D eigenvalue weighted by Gasteiger charge is 2.30. The van der Waals surface area contributed by atoms with E-state index >= 15 is 0 Å². The topological polar surface area (TPSA) is 26.0 Å². The predicted molar refractivity (Wildman–Crippen MR) is 42.7 cm³/mol. The summed E-state index contributed by atoms with van der Waals surface area (Å²) in [6.45, 7) is 0. The minimum atomic E-state index is -4.40. The van der Waals surface area contributed by atoms with Crippen LogP contribution in [0.2, 0.25) is 0 Å². The Balaban J connectivity index is 2.90. The van der Waals surface area contributed by atoms with E-state index in [-0.39, 0.29) is 22.3 Å². The number of nitrogen functional groups attached to an aromatic ring is 1. The first-order chi connectivity index (χ1) is 5.88. The molecule has 1 aromatic rings. The molecule has 2 N–H and O–H groups in total. The maximum atomic E-state index is 12.4. The summed E-state index contributed by atoms with van der Waals surface area (Å²) in [4.78, 5) is -0.186. The third-order valence-corrected chi connectivity index (χ3v) is 2.02. The van der Waals surface area contributed by atoms with Crippen molar-refractivity contribution >= 4 is 17.4 Å². The van der Waals surface area contributed by atoms with Crippen molar-refractivity contribution in [2.24, 2.45) is 0 Å². The number of anilines is 1. The van der Waals surface area contributed by atoms with Crippen molar-refractivity contribution in [1.82, 2.24) is 0 Å². The molecule has 0 saturated heterocycles. The van der Waals surface area contributed by atoms with Gasteiger partial charge in [0.2, 0.25) is 0 Å². The average Bonchev–Trinajstić information content (AvgIpc) is 1.93. The van der Waals surface area contributed by atoms with Crippen LogP contribution in [-0.4, -0.2) is 5.51 Å². The molecule has 0 fully saturated rings. The first-order valence-electron chi connectivity index (χ1n) is 3.19. The lowest BCUT2D eigenvalue weighted by Crippen LogP contribution is -2.01. The van der Waals surface area contributed by atoms with Gasteiger partial charge >= 0.3 is 5.51 Å². The normalized spacial score (nSPS) is 11.7. The fraction of sp³-hybridized carbons (Fsp3) is 0.143. The zero-order valence-corrected chi connectivity index (χ0v) is 7.05. The van der Waals surface area contributed by atoms with Crippen LogP contribution in [0.15, 0.2) is 23.1 Å². The van der Waals surface area contributed by atoms with Gasteiger partial charge in [-0.15, -0.1) is 0 Å². The molecule has 13 heavy (non-hydrogen) atoms. The number of thioether (sulfide) groups is 1. The molecule has 1 nitrogen and oxygen atoms in total. The maximum absolute atomic E-state index is 12.4. The number of alkyl halides is 3. The Hall–Kier alpha value is -0.910. The fourth-order valence-corrected chi connectivity index (χ4v) is 1.30. The predicted octanol–water partition coefficient (Wildman–Crippen LogP) is 3.02. The third kappa shape index (κ3) is 3.14. The van der Waals surface area contributed by atoms with E-state index in [1.807, 2.05) is 0 Å². The van der Waals surface area contributed by atoms with Crippen molar-refractivity contribution in [3.8, 4) is 0 Å². The largest absolute Gasteiger partial charge is 0.446 e. The summed E-state index contributed by atoms with van der Waals surface area (Å²) < 4.78 is 47.9. The molecule has 1 aromatic carbocycles. The third-order valence-electron chi connectivity index (χ3n) is 1.20. The monoisotopic (exact) mass is 211 g/mol. The molecule has 0 aliphatic carbocycles. The first-order valence-corrected chi connectivity index (χ1v) is 4.01. The standard InChI is InChI=1S/C7H5F4NS/c8-4-1-2-6(5(12)3-4)13-7(9,10)11/h1-3H,12H2. The molecule has 0 unspecified atom stereocenters. The van der Waals surface area contributed by atoms with E-state index < -0.39 is 11.3 Å². The molecular weight excluding hydrogens is 206 g/mol. The van der Waals surface area contributed by atoms with E-state index in [2.05, 4.69) is 0 Å². The van der Waals surface area contributed by atoms with Crippen LogP contribution < -0.4 is 5.73 Å². The van der Waals surface area contributed by atoms with Crippen LogP contribution in [0.1, 0.15) is 0 Å². The van der Waals surface area contributed by atoms with Gasteiger partial charge in [0, 0.05) is 10.6 Å². The fourth-order valence-electron chi connectivity index (χ4n) is 0.737. The Morgan fingerprint density at radius 3 is 2.31 bits per heavy atom. The average molecular weight is 211 g/mol. The Morgan fingerprint density at radius 2 is 1.85 bits per heavy atom. The summed E-state index contributed by atoms with van der Waals surface area (Å²) in [7, 11) is 0. The van der Waals surface area contributed by atoms with Crippen molar-refractivity contribution in [2.45, 2.75) is 10.4 Å². The van der Waals surface area contributed by atoms with Gasteiger partial charge in [0.05, 0.1) is 0 Å². The zero-order valence-electron chi connectivity index (χ0n) is 6.23. The van der Waals surface area contributed by atoms with Crippen molar-refractivity contribution in [1.29, 1.82) is 0 Å². The molecule has 0 aromatic heterocycles. The molecule has 0 bridgehead atoms. The second-order valence-corrected chi connectivity index (χ2v) is 3.34. The number of nitrogens with two attached hydrogens (primary N) is 1. The van der Waals surface area contributed by atoms with E-state index in [9.17, 15) is 17.6 Å². The highest BCUT2D eigenvalue weighted by molar-refractivity contribution is 8.00. The summed E-state index contributed by atoms with van der Waals surface area (Å²) in [6, 6.07) is 2.79. The lowest BCUT2D eigenvalue weighted by Gasteiger charge is -2.07. The van der Waals surface area contributed by atoms with E-state index in [0.29, 0.717) is 0 Å². The van der Waals surface area contributed by atoms with Gasteiger partial charge in [0.25, 0.3) is 0 Å². The van der Waals surface area contributed by atoms with Crippen LogP contribution in [0.3, 0.4) is 0 Å². The summed E-state index contributed by atoms with van der Waals surface area (Å²) in [5.41, 5.74) is 0.565. The molecule has 0 saturated carbocycles. The van der Waals surface area contributed by atoms with Gasteiger partial charge in [-0.25, -0.2) is 4.39 Å². The second-order valence-electron chi connectivity index (χ2n) is 2.23. The molecule has 0 aliphatic heterocycles. The van der Waals surface area contributed by atoms with Gasteiger partial charge in [-0.3, -0.25) is 0 Å². The maximum Gasteiger partial charge on any atom is 0.446 e. The van der Waals surface area contributed by atoms with E-state index in [1.54, 1.807) is 0 Å². The minimum Gasteiger partial charge on any atom is -0.398 e. The van der Waals surface area contributed by atoms with E-state index in [0.717, 1.165) is 18.2 Å². The molecular formula is C7H5F4NS. The Morgan fingerprint density at radius 1 is 1.23 bits per heavy atom. The molecule has 1 rings (SSSR count). The van der Waals surface area contributed by atoms with Crippen LogP contribution in [0, 0.1) is 5.82 Å². The van der Waals surface area contributed by atoms with Gasteiger partial charge in [0.1, 0.15) is 5.82 Å². The van der Waals surface area contributed by atoms with Gasteiger partial charge in [-0.05, 0) is 30.0 Å². The molecule has 0 amide bonds. The first kappa shape index (κ1) is 10.2. The van der Waals surface area contributed by atoms with Gasteiger partial charge in [-0.1, -0.05) is 0 Å². The number of hydrogen-bond acceptors (Lipinski definition) is 2. The van der Waals surface area contributed by atoms with E-state index in [1.165, 1.54) is 0 Å². The smallest absolute Gasteiger partial charge is 0.398 e. The number of halogens is 4. The molecule has 6 heteroatoms. The molecule has 0 spiro atoms. The summed E-state index contributed by atoms with van der Waals surface area (Å²) in [6.07, 6.45) is 0. The lowest BCUT2D eigenvalue weighted by atomic mass is 10.3. The van der Waals surface area contributed by atoms with Gasteiger partial charge in [0.15, 0.2) is 0 Å². The SMILES string of the molecule is Nc1cc(F)ccc1SC(F)(F)F. The van der Waals surface area contributed by atoms with Crippen LogP contribution in [-0.2, 0) is 0 Å². The van der Waals surface area contributed by atoms with Crippen LogP contribution in [0.5, 0.6) is 0 Å². The van der Waals surface area contributed by atoms with Crippen LogP contribution in [0.25, 0.3) is 0 Å². The summed E-state index contributed by atoms with van der Waals surface area (Å²) >= 11 is -0.356. The Kier molecular flexibility index (Phi) is 2.70. The van der Waals surface area contributed by atoms with Crippen molar-refractivity contribution < 1.29 is 17.6 Å². The van der Waals surface area contributed by atoms with Gasteiger partial charge < -0.3 is 5.73 Å². The van der Waals surface area contributed by atoms with Crippen LogP contribution >= 0.6 is 11.8 Å². The second kappa shape index (κ2) is 3.45. The molecule has 72 valence electrons.